The van der Waals surface area contributed by atoms with Gasteiger partial charge in [-0.3, -0.25) is 14.5 Å². The number of benzene rings is 2. The van der Waals surface area contributed by atoms with Gasteiger partial charge in [0.05, 0.1) is 29.6 Å². The fourth-order valence-electron chi connectivity index (χ4n) is 4.00. The van der Waals surface area contributed by atoms with Crippen molar-refractivity contribution in [2.24, 2.45) is 0 Å². The first-order valence-electron chi connectivity index (χ1n) is 10.7. The monoisotopic (exact) mass is 456 g/mol. The molecule has 1 atom stereocenters. The molecule has 6 nitrogen and oxygen atoms in total. The second-order valence-electron chi connectivity index (χ2n) is 8.00. The Morgan fingerprint density at radius 3 is 2.42 bits per heavy atom. The summed E-state index contributed by atoms with van der Waals surface area (Å²) >= 11 is 1.42. The highest BCUT2D eigenvalue weighted by molar-refractivity contribution is 7.99. The zero-order valence-electron chi connectivity index (χ0n) is 18.6. The number of thioether (sulfide) groups is 1. The van der Waals surface area contributed by atoms with Gasteiger partial charge in [-0.25, -0.2) is 9.88 Å². The smallest absolute Gasteiger partial charge is 0.251 e. The minimum Gasteiger partial charge on any atom is -0.277 e. The first-order chi connectivity index (χ1) is 16.0. The summed E-state index contributed by atoms with van der Waals surface area (Å²) < 4.78 is 0. The molecule has 1 unspecified atom stereocenters. The Kier molecular flexibility index (Phi) is 6.87. The van der Waals surface area contributed by atoms with Crippen LogP contribution in [0.15, 0.2) is 71.8 Å². The zero-order valence-corrected chi connectivity index (χ0v) is 19.4. The second-order valence-corrected chi connectivity index (χ2v) is 8.93. The number of imide groups is 1. The van der Waals surface area contributed by atoms with Crippen LogP contribution in [0.25, 0.3) is 0 Å². The summed E-state index contributed by atoms with van der Waals surface area (Å²) in [6.07, 6.45) is 0.118. The Morgan fingerprint density at radius 1 is 1.09 bits per heavy atom. The topological polar surface area (TPSA) is 77.3 Å². The number of hydrogen-bond acceptors (Lipinski definition) is 6. The van der Waals surface area contributed by atoms with Crippen LogP contribution in [0.3, 0.4) is 0 Å². The van der Waals surface area contributed by atoms with Gasteiger partial charge in [-0.05, 0) is 43.2 Å². The van der Waals surface area contributed by atoms with E-state index in [0.29, 0.717) is 28.7 Å². The van der Waals surface area contributed by atoms with Gasteiger partial charge in [0, 0.05) is 12.2 Å². The fourth-order valence-corrected chi connectivity index (χ4v) is 5.12. The number of amides is 2. The maximum Gasteiger partial charge on any atom is 0.251 e. The van der Waals surface area contributed by atoms with E-state index in [-0.39, 0.29) is 18.2 Å². The highest BCUT2D eigenvalue weighted by Crippen LogP contribution is 2.30. The number of hydrogen-bond donors (Lipinski definition) is 0. The molecule has 2 aromatic carbocycles. The summed E-state index contributed by atoms with van der Waals surface area (Å²) in [4.78, 5) is 34.1. The molecule has 1 saturated heterocycles. The first-order valence-corrected chi connectivity index (χ1v) is 11.7. The van der Waals surface area contributed by atoms with Crippen LogP contribution in [0.5, 0.6) is 0 Å². The highest BCUT2D eigenvalue weighted by Gasteiger charge is 2.42. The lowest BCUT2D eigenvalue weighted by atomic mass is 10.1. The van der Waals surface area contributed by atoms with E-state index in [0.717, 1.165) is 16.8 Å². The van der Waals surface area contributed by atoms with Crippen molar-refractivity contribution in [1.82, 2.24) is 9.88 Å². The normalized spacial score (nSPS) is 15.8. The number of nitrogens with zero attached hydrogens (tertiary/aromatic N) is 4. The average Bonchev–Trinajstić information content (AvgIpc) is 3.11. The molecule has 2 amide bonds. The van der Waals surface area contributed by atoms with E-state index in [2.05, 4.69) is 11.1 Å². The minimum atomic E-state index is -0.582. The number of pyridine rings is 1. The summed E-state index contributed by atoms with van der Waals surface area (Å²) in [5.74, 6) is -0.00989. The predicted octanol–water partition coefficient (Wildman–Crippen LogP) is 4.45. The van der Waals surface area contributed by atoms with E-state index in [9.17, 15) is 14.9 Å². The summed E-state index contributed by atoms with van der Waals surface area (Å²) in [5, 5.41) is 10.3. The number of nitriles is 1. The van der Waals surface area contributed by atoms with Gasteiger partial charge in [0.25, 0.3) is 5.91 Å². The molecule has 2 heterocycles. The second kappa shape index (κ2) is 9.99. The molecule has 4 rings (SSSR count). The first kappa shape index (κ1) is 22.7. The Hall–Kier alpha value is -3.47. The van der Waals surface area contributed by atoms with Gasteiger partial charge in [0.1, 0.15) is 11.1 Å². The average molecular weight is 457 g/mol. The van der Waals surface area contributed by atoms with Gasteiger partial charge in [-0.1, -0.05) is 60.3 Å². The number of aromatic nitrogens is 1. The summed E-state index contributed by atoms with van der Waals surface area (Å²) in [7, 11) is 0. The molecule has 0 aliphatic carbocycles. The molecule has 0 bridgehead atoms. The summed E-state index contributed by atoms with van der Waals surface area (Å²) in [6.45, 7) is 4.31. The van der Waals surface area contributed by atoms with Gasteiger partial charge in [0.15, 0.2) is 0 Å². The molecule has 3 aromatic rings. The number of aryl methyl sites for hydroxylation is 2. The van der Waals surface area contributed by atoms with Gasteiger partial charge in [0.2, 0.25) is 5.91 Å². The molecule has 33 heavy (non-hydrogen) atoms. The molecule has 166 valence electrons. The van der Waals surface area contributed by atoms with E-state index < -0.39 is 6.04 Å². The van der Waals surface area contributed by atoms with Gasteiger partial charge in [-0.2, -0.15) is 5.26 Å². The lowest BCUT2D eigenvalue weighted by molar-refractivity contribution is -0.122. The van der Waals surface area contributed by atoms with E-state index in [1.807, 2.05) is 73.3 Å². The van der Waals surface area contributed by atoms with E-state index >= 15 is 0 Å². The number of para-hydroxylation sites is 1. The van der Waals surface area contributed by atoms with E-state index in [4.69, 9.17) is 0 Å². The predicted molar refractivity (Wildman–Crippen MR) is 128 cm³/mol. The van der Waals surface area contributed by atoms with Crippen molar-refractivity contribution in [3.05, 3.63) is 89.1 Å². The number of anilines is 1. The highest BCUT2D eigenvalue weighted by atomic mass is 32.2. The van der Waals surface area contributed by atoms with Gasteiger partial charge in [-0.15, -0.1) is 0 Å². The van der Waals surface area contributed by atoms with Crippen molar-refractivity contribution in [3.63, 3.8) is 0 Å². The lowest BCUT2D eigenvalue weighted by Gasteiger charge is -2.27. The summed E-state index contributed by atoms with van der Waals surface area (Å²) in [6, 6.07) is 22.5. The molecule has 0 radical (unpaired) electrons. The molecule has 0 saturated carbocycles. The molecule has 0 N–H and O–H groups in total. The van der Waals surface area contributed by atoms with Crippen LogP contribution >= 0.6 is 11.8 Å². The molecule has 1 aliphatic heterocycles. The van der Waals surface area contributed by atoms with Crippen LogP contribution in [-0.2, 0) is 16.1 Å². The zero-order chi connectivity index (χ0) is 23.4. The van der Waals surface area contributed by atoms with Crippen molar-refractivity contribution >= 4 is 29.3 Å². The largest absolute Gasteiger partial charge is 0.277 e. The van der Waals surface area contributed by atoms with Crippen LogP contribution in [0, 0.1) is 25.2 Å². The molecular weight excluding hydrogens is 432 g/mol. The minimum absolute atomic E-state index is 0.118. The third kappa shape index (κ3) is 4.98. The van der Waals surface area contributed by atoms with Crippen molar-refractivity contribution in [2.75, 3.05) is 10.8 Å². The Balaban J connectivity index is 1.62. The molecule has 1 fully saturated rings. The molecule has 0 spiro atoms. The SMILES string of the molecule is Cc1cc(C)c(C#N)c(SCN(Cc2ccccc2)C2CC(=O)N(c3ccccc3)C2=O)n1. The quantitative estimate of drug-likeness (QED) is 0.297. The molecular formula is C26H24N4O2S. The third-order valence-corrected chi connectivity index (χ3v) is 6.63. The lowest BCUT2D eigenvalue weighted by Crippen LogP contribution is -2.41. The van der Waals surface area contributed by atoms with Crippen molar-refractivity contribution in [2.45, 2.75) is 37.9 Å². The van der Waals surface area contributed by atoms with E-state index in [1.54, 1.807) is 12.1 Å². The van der Waals surface area contributed by atoms with Crippen LogP contribution < -0.4 is 4.90 Å². The van der Waals surface area contributed by atoms with Crippen molar-refractivity contribution < 1.29 is 9.59 Å². The third-order valence-electron chi connectivity index (χ3n) is 5.60. The van der Waals surface area contributed by atoms with Crippen LogP contribution in [0.4, 0.5) is 5.69 Å². The fraction of sp³-hybridized carbons (Fsp3) is 0.231. The maximum absolute atomic E-state index is 13.4. The van der Waals surface area contributed by atoms with Crippen molar-refractivity contribution in [1.29, 1.82) is 5.26 Å². The number of carbonyl (C=O) groups excluding carboxylic acids is 2. The Morgan fingerprint density at radius 2 is 1.76 bits per heavy atom. The van der Waals surface area contributed by atoms with Crippen molar-refractivity contribution in [3.8, 4) is 6.07 Å². The van der Waals surface area contributed by atoms with Crippen LogP contribution in [0.1, 0.15) is 28.8 Å². The van der Waals surface area contributed by atoms with Crippen LogP contribution in [0.2, 0.25) is 0 Å². The Bertz CT molecular complexity index is 1210. The molecule has 7 heteroatoms. The molecule has 1 aromatic heterocycles. The number of rotatable bonds is 7. The van der Waals surface area contributed by atoms with Gasteiger partial charge >= 0.3 is 0 Å². The maximum atomic E-state index is 13.4. The summed E-state index contributed by atoms with van der Waals surface area (Å²) in [5.41, 5.74) is 3.90. The van der Waals surface area contributed by atoms with E-state index in [1.165, 1.54) is 16.7 Å². The van der Waals surface area contributed by atoms with Crippen LogP contribution in [-0.4, -0.2) is 33.6 Å². The standard InChI is InChI=1S/C26H24N4O2S/c1-18-13-19(2)28-25(22(18)15-27)33-17-29(16-20-9-5-3-6-10-20)23-14-24(31)30(26(23)32)21-11-7-4-8-12-21/h3-13,23H,14,16-17H2,1-2H3. The number of carbonyl (C=O) groups is 2. The Labute approximate surface area is 197 Å². The molecule has 1 aliphatic rings. The van der Waals surface area contributed by atoms with Gasteiger partial charge < -0.3 is 0 Å².